The van der Waals surface area contributed by atoms with Gasteiger partial charge in [-0.1, -0.05) is 60.2 Å². The fourth-order valence-electron chi connectivity index (χ4n) is 2.47. The highest BCUT2D eigenvalue weighted by Gasteiger charge is 2.27. The molecule has 4 heteroatoms. The quantitative estimate of drug-likeness (QED) is 0.347. The second-order valence-corrected chi connectivity index (χ2v) is 5.42. The molecule has 0 fully saturated rings. The molecule has 4 nitrogen and oxygen atoms in total. The van der Waals surface area contributed by atoms with Crippen LogP contribution in [0.25, 0.3) is 5.57 Å². The summed E-state index contributed by atoms with van der Waals surface area (Å²) in [6.45, 7) is 5.74. The number of ether oxygens (including phenoxy) is 2. The largest absolute Gasteiger partial charge is 0.462 e. The molecular weight excluding hydrogens is 316 g/mol. The van der Waals surface area contributed by atoms with Crippen LogP contribution in [0.1, 0.15) is 30.5 Å². The molecule has 2 rings (SSSR count). The first-order chi connectivity index (χ1) is 12.1. The maximum atomic E-state index is 12.5. The summed E-state index contributed by atoms with van der Waals surface area (Å²) in [4.78, 5) is 25.1. The summed E-state index contributed by atoms with van der Waals surface area (Å²) in [6.07, 6.45) is 0. The third-order valence-corrected chi connectivity index (χ3v) is 3.61. The van der Waals surface area contributed by atoms with E-state index in [-0.39, 0.29) is 18.8 Å². The molecule has 0 N–H and O–H groups in total. The van der Waals surface area contributed by atoms with Crippen molar-refractivity contribution in [3.05, 3.63) is 76.9 Å². The van der Waals surface area contributed by atoms with Crippen molar-refractivity contribution in [3.8, 4) is 0 Å². The highest BCUT2D eigenvalue weighted by Crippen LogP contribution is 2.29. The Balaban J connectivity index is 2.74. The van der Waals surface area contributed by atoms with Gasteiger partial charge in [-0.25, -0.2) is 9.59 Å². The van der Waals surface area contributed by atoms with Crippen LogP contribution >= 0.6 is 0 Å². The maximum absolute atomic E-state index is 12.5. The van der Waals surface area contributed by atoms with Crippen LogP contribution < -0.4 is 0 Å². The van der Waals surface area contributed by atoms with Crippen LogP contribution in [-0.4, -0.2) is 25.2 Å². The van der Waals surface area contributed by atoms with Crippen LogP contribution in [0.5, 0.6) is 0 Å². The fourth-order valence-corrected chi connectivity index (χ4v) is 2.47. The topological polar surface area (TPSA) is 52.6 Å². The first kappa shape index (κ1) is 18.5. The molecule has 0 spiro atoms. The van der Waals surface area contributed by atoms with Gasteiger partial charge in [-0.3, -0.25) is 0 Å². The molecule has 0 aliphatic rings. The third kappa shape index (κ3) is 4.57. The average Bonchev–Trinajstić information content (AvgIpc) is 2.61. The minimum absolute atomic E-state index is 0.0845. The van der Waals surface area contributed by atoms with Crippen molar-refractivity contribution in [2.45, 2.75) is 20.8 Å². The van der Waals surface area contributed by atoms with Gasteiger partial charge in [-0.15, -0.1) is 0 Å². The van der Waals surface area contributed by atoms with Gasteiger partial charge in [0.2, 0.25) is 0 Å². The molecule has 130 valence electrons. The summed E-state index contributed by atoms with van der Waals surface area (Å²) in [7, 11) is 0. The second-order valence-electron chi connectivity index (χ2n) is 5.42. The van der Waals surface area contributed by atoms with Crippen molar-refractivity contribution in [1.29, 1.82) is 0 Å². The predicted molar refractivity (Wildman–Crippen MR) is 96.9 cm³/mol. The Morgan fingerprint density at radius 3 is 1.72 bits per heavy atom. The number of benzene rings is 2. The van der Waals surface area contributed by atoms with E-state index in [1.165, 1.54) is 0 Å². The number of hydrogen-bond acceptors (Lipinski definition) is 4. The lowest BCUT2D eigenvalue weighted by molar-refractivity contribution is -0.146. The number of carbonyl (C=O) groups excluding carboxylic acids is 2. The zero-order valence-electron chi connectivity index (χ0n) is 14.7. The minimum Gasteiger partial charge on any atom is -0.462 e. The Morgan fingerprint density at radius 2 is 1.24 bits per heavy atom. The number of carbonyl (C=O) groups is 2. The van der Waals surface area contributed by atoms with Gasteiger partial charge in [-0.05, 0) is 31.9 Å². The van der Waals surface area contributed by atoms with E-state index in [2.05, 4.69) is 0 Å². The van der Waals surface area contributed by atoms with Crippen molar-refractivity contribution in [3.63, 3.8) is 0 Å². The average molecular weight is 338 g/mol. The minimum atomic E-state index is -0.680. The van der Waals surface area contributed by atoms with Gasteiger partial charge in [-0.2, -0.15) is 0 Å². The van der Waals surface area contributed by atoms with E-state index in [0.717, 1.165) is 16.7 Å². The second kappa shape index (κ2) is 8.83. The molecular formula is C21H22O4. The van der Waals surface area contributed by atoms with Gasteiger partial charge in [0.25, 0.3) is 0 Å². The normalized spacial score (nSPS) is 10.0. The molecule has 0 heterocycles. The Kier molecular flexibility index (Phi) is 6.52. The van der Waals surface area contributed by atoms with E-state index >= 15 is 0 Å². The SMILES string of the molecule is CCOC(=O)C(C(=O)OCC)=C(c1ccccc1)c1ccc(C)cc1. The molecule has 0 aliphatic heterocycles. The number of hydrogen-bond donors (Lipinski definition) is 0. The number of aryl methyl sites for hydroxylation is 1. The Bertz CT molecular complexity index is 738. The third-order valence-electron chi connectivity index (χ3n) is 3.61. The first-order valence-corrected chi connectivity index (χ1v) is 8.29. The van der Waals surface area contributed by atoms with Gasteiger partial charge in [0.05, 0.1) is 13.2 Å². The number of esters is 2. The molecule has 0 unspecified atom stereocenters. The van der Waals surface area contributed by atoms with Gasteiger partial charge >= 0.3 is 11.9 Å². The molecule has 2 aromatic carbocycles. The predicted octanol–water partition coefficient (Wildman–Crippen LogP) is 3.92. The monoisotopic (exact) mass is 338 g/mol. The van der Waals surface area contributed by atoms with Crippen molar-refractivity contribution in [2.75, 3.05) is 13.2 Å². The molecule has 0 radical (unpaired) electrons. The van der Waals surface area contributed by atoms with Crippen LogP contribution in [0.3, 0.4) is 0 Å². The molecule has 0 amide bonds. The van der Waals surface area contributed by atoms with E-state index in [4.69, 9.17) is 9.47 Å². The van der Waals surface area contributed by atoms with E-state index < -0.39 is 11.9 Å². The van der Waals surface area contributed by atoms with E-state index in [9.17, 15) is 9.59 Å². The Labute approximate surface area is 148 Å². The van der Waals surface area contributed by atoms with Crippen LogP contribution in [0.15, 0.2) is 60.2 Å². The Morgan fingerprint density at radius 1 is 0.760 bits per heavy atom. The summed E-state index contributed by atoms with van der Waals surface area (Å²) in [5, 5.41) is 0. The molecule has 0 aliphatic carbocycles. The highest BCUT2D eigenvalue weighted by atomic mass is 16.6. The summed E-state index contributed by atoms with van der Waals surface area (Å²) in [5.41, 5.74) is 3.02. The molecule has 25 heavy (non-hydrogen) atoms. The van der Waals surface area contributed by atoms with Gasteiger partial charge < -0.3 is 9.47 Å². The number of rotatable bonds is 6. The molecule has 0 bridgehead atoms. The molecule has 0 atom stereocenters. The van der Waals surface area contributed by atoms with Crippen molar-refractivity contribution in [2.24, 2.45) is 0 Å². The molecule has 0 saturated heterocycles. The van der Waals surface area contributed by atoms with Gasteiger partial charge in [0.1, 0.15) is 0 Å². The first-order valence-electron chi connectivity index (χ1n) is 8.29. The molecule has 0 aromatic heterocycles. The molecule has 2 aromatic rings. The zero-order valence-corrected chi connectivity index (χ0v) is 14.7. The van der Waals surface area contributed by atoms with E-state index in [1.54, 1.807) is 13.8 Å². The molecule has 0 saturated carbocycles. The zero-order chi connectivity index (χ0) is 18.2. The lowest BCUT2D eigenvalue weighted by Gasteiger charge is -2.15. The summed E-state index contributed by atoms with van der Waals surface area (Å²) in [5.74, 6) is -1.36. The summed E-state index contributed by atoms with van der Waals surface area (Å²) < 4.78 is 10.2. The Hall–Kier alpha value is -2.88. The maximum Gasteiger partial charge on any atom is 0.346 e. The summed E-state index contributed by atoms with van der Waals surface area (Å²) >= 11 is 0. The smallest absolute Gasteiger partial charge is 0.346 e. The van der Waals surface area contributed by atoms with E-state index in [0.29, 0.717) is 5.57 Å². The van der Waals surface area contributed by atoms with Gasteiger partial charge in [0, 0.05) is 5.57 Å². The van der Waals surface area contributed by atoms with Crippen LogP contribution in [0.2, 0.25) is 0 Å². The standard InChI is InChI=1S/C21H22O4/c1-4-24-20(22)19(21(23)25-5-2)18(16-9-7-6-8-10-16)17-13-11-15(3)12-14-17/h6-14H,4-5H2,1-3H3. The van der Waals surface area contributed by atoms with Gasteiger partial charge in [0.15, 0.2) is 5.57 Å². The fraction of sp³-hybridized carbons (Fsp3) is 0.238. The van der Waals surface area contributed by atoms with Crippen LogP contribution in [0, 0.1) is 6.92 Å². The van der Waals surface area contributed by atoms with E-state index in [1.807, 2.05) is 61.5 Å². The highest BCUT2D eigenvalue weighted by molar-refractivity contribution is 6.21. The van der Waals surface area contributed by atoms with Crippen molar-refractivity contribution >= 4 is 17.5 Å². The van der Waals surface area contributed by atoms with Crippen molar-refractivity contribution in [1.82, 2.24) is 0 Å². The summed E-state index contributed by atoms with van der Waals surface area (Å²) in [6, 6.07) is 16.9. The van der Waals surface area contributed by atoms with Crippen molar-refractivity contribution < 1.29 is 19.1 Å². The lowest BCUT2D eigenvalue weighted by Crippen LogP contribution is -2.20. The van der Waals surface area contributed by atoms with Crippen LogP contribution in [-0.2, 0) is 19.1 Å². The lowest BCUT2D eigenvalue weighted by atomic mass is 9.92. The van der Waals surface area contributed by atoms with Crippen LogP contribution in [0.4, 0.5) is 0 Å².